The van der Waals surface area contributed by atoms with E-state index in [0.29, 0.717) is 29.1 Å². The predicted octanol–water partition coefficient (Wildman–Crippen LogP) is 6.44. The van der Waals surface area contributed by atoms with Crippen molar-refractivity contribution in [2.75, 3.05) is 0 Å². The Morgan fingerprint density at radius 1 is 0.759 bits per heavy atom. The molecular formula is C27H48O2. The third-order valence-corrected chi connectivity index (χ3v) is 10.9. The summed E-state index contributed by atoms with van der Waals surface area (Å²) in [5.41, 5.74) is 0.626. The van der Waals surface area contributed by atoms with Gasteiger partial charge in [0.2, 0.25) is 0 Å². The molecule has 4 saturated carbocycles. The molecule has 0 bridgehead atoms. The molecule has 0 heterocycles. The number of aliphatic hydroxyl groups is 2. The Morgan fingerprint density at radius 3 is 2.21 bits per heavy atom. The maximum absolute atomic E-state index is 11.4. The van der Waals surface area contributed by atoms with E-state index in [9.17, 15) is 10.2 Å². The molecule has 0 unspecified atom stereocenters. The second-order valence-corrected chi connectivity index (χ2v) is 12.7. The lowest BCUT2D eigenvalue weighted by molar-refractivity contribution is -0.215. The number of hydrogen-bond donors (Lipinski definition) is 2. The molecule has 0 saturated heterocycles. The van der Waals surface area contributed by atoms with Crippen LogP contribution in [-0.2, 0) is 0 Å². The van der Waals surface area contributed by atoms with Crippen LogP contribution in [0.3, 0.4) is 0 Å². The lowest BCUT2D eigenvalue weighted by Gasteiger charge is -2.63. The van der Waals surface area contributed by atoms with Crippen molar-refractivity contribution in [3.8, 4) is 0 Å². The zero-order valence-electron chi connectivity index (χ0n) is 19.9. The number of hydrogen-bond acceptors (Lipinski definition) is 2. The highest BCUT2D eigenvalue weighted by molar-refractivity contribution is 5.13. The van der Waals surface area contributed by atoms with Crippen LogP contribution in [0.25, 0.3) is 0 Å². The summed E-state index contributed by atoms with van der Waals surface area (Å²) < 4.78 is 0. The van der Waals surface area contributed by atoms with E-state index in [-0.39, 0.29) is 5.41 Å². The van der Waals surface area contributed by atoms with Crippen molar-refractivity contribution in [2.24, 2.45) is 52.3 Å². The Bertz CT molecular complexity index is 573. The van der Waals surface area contributed by atoms with E-state index in [4.69, 9.17) is 0 Å². The van der Waals surface area contributed by atoms with Crippen molar-refractivity contribution in [1.29, 1.82) is 0 Å². The molecule has 0 aromatic rings. The average Bonchev–Trinajstić information content (AvgIpc) is 3.02. The van der Waals surface area contributed by atoms with E-state index in [1.165, 1.54) is 64.2 Å². The highest BCUT2D eigenvalue weighted by Crippen LogP contribution is 2.68. The van der Waals surface area contributed by atoms with Gasteiger partial charge in [-0.2, -0.15) is 0 Å². The summed E-state index contributed by atoms with van der Waals surface area (Å²) in [5.74, 6) is 4.31. The summed E-state index contributed by atoms with van der Waals surface area (Å²) in [6.07, 6.45) is 13.3. The van der Waals surface area contributed by atoms with Gasteiger partial charge in [-0.1, -0.05) is 66.7 Å². The van der Waals surface area contributed by atoms with Gasteiger partial charge in [-0.3, -0.25) is 0 Å². The van der Waals surface area contributed by atoms with Gasteiger partial charge in [0.05, 0.1) is 12.2 Å². The molecule has 0 aromatic heterocycles. The highest BCUT2D eigenvalue weighted by atomic mass is 16.3. The Balaban J connectivity index is 1.54. The molecule has 2 N–H and O–H groups in total. The minimum atomic E-state index is -0.494. The molecule has 0 aliphatic heterocycles. The van der Waals surface area contributed by atoms with Gasteiger partial charge in [0.25, 0.3) is 0 Å². The van der Waals surface area contributed by atoms with Crippen molar-refractivity contribution in [3.63, 3.8) is 0 Å². The fourth-order valence-corrected chi connectivity index (χ4v) is 9.34. The molecule has 4 aliphatic carbocycles. The van der Waals surface area contributed by atoms with E-state index < -0.39 is 12.2 Å². The first-order chi connectivity index (χ1) is 13.7. The number of aliphatic hydroxyl groups excluding tert-OH is 2. The number of rotatable bonds is 5. The molecule has 4 rings (SSSR count). The molecule has 4 aliphatic rings. The Morgan fingerprint density at radius 2 is 1.48 bits per heavy atom. The molecule has 0 amide bonds. The Hall–Kier alpha value is -0.0800. The molecule has 0 spiro atoms. The van der Waals surface area contributed by atoms with E-state index in [1.54, 1.807) is 0 Å². The van der Waals surface area contributed by atoms with Crippen LogP contribution in [0.15, 0.2) is 0 Å². The van der Waals surface area contributed by atoms with Crippen LogP contribution in [0.5, 0.6) is 0 Å². The summed E-state index contributed by atoms with van der Waals surface area (Å²) >= 11 is 0. The molecule has 4 fully saturated rings. The SMILES string of the molecule is CC(C)CCC[C@@H](C)[C@@H]1CC[C@@H]2[C@@H]3[C@H](O)[C@H](O)[C@H]4CCCC[C@]4(C)[C@@H]3CC[C@@]21C. The van der Waals surface area contributed by atoms with Crippen molar-refractivity contribution in [2.45, 2.75) is 117 Å². The minimum absolute atomic E-state index is 0.254. The van der Waals surface area contributed by atoms with Gasteiger partial charge in [-0.05, 0) is 90.8 Å². The maximum Gasteiger partial charge on any atom is 0.0835 e. The molecular weight excluding hydrogens is 356 g/mol. The van der Waals surface area contributed by atoms with Crippen LogP contribution in [-0.4, -0.2) is 22.4 Å². The Labute approximate surface area is 180 Å². The smallest absolute Gasteiger partial charge is 0.0835 e. The molecule has 2 heteroatoms. The first kappa shape index (κ1) is 22.1. The summed E-state index contributed by atoms with van der Waals surface area (Å²) in [5, 5.41) is 22.5. The maximum atomic E-state index is 11.4. The highest BCUT2D eigenvalue weighted by Gasteiger charge is 2.64. The van der Waals surface area contributed by atoms with Crippen LogP contribution in [0.4, 0.5) is 0 Å². The molecule has 10 atom stereocenters. The van der Waals surface area contributed by atoms with Crippen LogP contribution in [0.2, 0.25) is 0 Å². The molecule has 0 radical (unpaired) electrons. The van der Waals surface area contributed by atoms with Crippen LogP contribution in [0, 0.1) is 52.3 Å². The van der Waals surface area contributed by atoms with Gasteiger partial charge in [-0.15, -0.1) is 0 Å². The second kappa shape index (κ2) is 8.12. The Kier molecular flexibility index (Phi) is 6.19. The molecule has 2 nitrogen and oxygen atoms in total. The first-order valence-electron chi connectivity index (χ1n) is 13.1. The zero-order chi connectivity index (χ0) is 21.0. The van der Waals surface area contributed by atoms with Crippen molar-refractivity contribution < 1.29 is 10.2 Å². The molecule has 29 heavy (non-hydrogen) atoms. The van der Waals surface area contributed by atoms with E-state index in [0.717, 1.165) is 24.2 Å². The molecule has 168 valence electrons. The average molecular weight is 405 g/mol. The number of fused-ring (bicyclic) bond motifs is 5. The largest absolute Gasteiger partial charge is 0.390 e. The van der Waals surface area contributed by atoms with E-state index >= 15 is 0 Å². The lowest BCUT2D eigenvalue weighted by Crippen LogP contribution is -2.63. The quantitative estimate of drug-likeness (QED) is 0.553. The van der Waals surface area contributed by atoms with Gasteiger partial charge in [-0.25, -0.2) is 0 Å². The van der Waals surface area contributed by atoms with Crippen molar-refractivity contribution in [1.82, 2.24) is 0 Å². The summed E-state index contributed by atoms with van der Waals surface area (Å²) in [6.45, 7) is 12.2. The predicted molar refractivity (Wildman–Crippen MR) is 120 cm³/mol. The van der Waals surface area contributed by atoms with Gasteiger partial charge in [0, 0.05) is 0 Å². The zero-order valence-corrected chi connectivity index (χ0v) is 19.9. The first-order valence-corrected chi connectivity index (χ1v) is 13.1. The van der Waals surface area contributed by atoms with Crippen LogP contribution in [0.1, 0.15) is 105 Å². The van der Waals surface area contributed by atoms with Gasteiger partial charge in [0.1, 0.15) is 0 Å². The second-order valence-electron chi connectivity index (χ2n) is 12.7. The topological polar surface area (TPSA) is 40.5 Å². The van der Waals surface area contributed by atoms with Crippen molar-refractivity contribution >= 4 is 0 Å². The van der Waals surface area contributed by atoms with Gasteiger partial charge in [0.15, 0.2) is 0 Å². The van der Waals surface area contributed by atoms with E-state index in [2.05, 4.69) is 34.6 Å². The summed E-state index contributed by atoms with van der Waals surface area (Å²) in [6, 6.07) is 0. The standard InChI is InChI=1S/C27H48O2/c1-17(2)9-8-10-18(3)19-12-13-20-23-21(14-16-27(19,20)5)26(4)15-7-6-11-22(26)24(28)25(23)29/h17-25,28-29H,6-16H2,1-5H3/t18-,19+,20-,21-,22-,23+,24-,25+,26-,27-/m1/s1. The summed E-state index contributed by atoms with van der Waals surface area (Å²) in [4.78, 5) is 0. The van der Waals surface area contributed by atoms with Gasteiger partial charge >= 0.3 is 0 Å². The molecule has 0 aromatic carbocycles. The van der Waals surface area contributed by atoms with E-state index in [1.807, 2.05) is 0 Å². The summed E-state index contributed by atoms with van der Waals surface area (Å²) in [7, 11) is 0. The monoisotopic (exact) mass is 404 g/mol. The van der Waals surface area contributed by atoms with Crippen LogP contribution < -0.4 is 0 Å². The minimum Gasteiger partial charge on any atom is -0.390 e. The fraction of sp³-hybridized carbons (Fsp3) is 1.00. The lowest BCUT2D eigenvalue weighted by atomic mass is 9.43. The third-order valence-electron chi connectivity index (χ3n) is 10.9. The van der Waals surface area contributed by atoms with Gasteiger partial charge < -0.3 is 10.2 Å². The van der Waals surface area contributed by atoms with Crippen molar-refractivity contribution in [3.05, 3.63) is 0 Å². The van der Waals surface area contributed by atoms with Crippen LogP contribution >= 0.6 is 0 Å². The normalized spacial score (nSPS) is 50.7. The fourth-order valence-electron chi connectivity index (χ4n) is 9.34. The third kappa shape index (κ3) is 3.53.